The Bertz CT molecular complexity index is 491. The summed E-state index contributed by atoms with van der Waals surface area (Å²) >= 11 is 5.72. The standard InChI is InChI=1S/C15H16ClNO/c1-11(2)13-4-6-14(7-5-13)18-10-12-3-8-15(16)17-9-12/h3-9,11H,10H2,1-2H3. The van der Waals surface area contributed by atoms with Gasteiger partial charge >= 0.3 is 0 Å². The van der Waals surface area contributed by atoms with Crippen molar-refractivity contribution in [3.05, 3.63) is 58.9 Å². The highest BCUT2D eigenvalue weighted by atomic mass is 35.5. The second-order valence-corrected chi connectivity index (χ2v) is 4.89. The molecule has 0 saturated carbocycles. The average Bonchev–Trinajstić information content (AvgIpc) is 2.38. The van der Waals surface area contributed by atoms with Crippen LogP contribution in [0.2, 0.25) is 5.15 Å². The smallest absolute Gasteiger partial charge is 0.129 e. The Morgan fingerprint density at radius 1 is 1.11 bits per heavy atom. The van der Waals surface area contributed by atoms with Crippen molar-refractivity contribution in [2.45, 2.75) is 26.4 Å². The number of hydrogen-bond acceptors (Lipinski definition) is 2. The van der Waals surface area contributed by atoms with Gasteiger partial charge < -0.3 is 4.74 Å². The zero-order chi connectivity index (χ0) is 13.0. The van der Waals surface area contributed by atoms with Crippen LogP contribution in [0.5, 0.6) is 5.75 Å². The Labute approximate surface area is 113 Å². The SMILES string of the molecule is CC(C)c1ccc(OCc2ccc(Cl)nc2)cc1. The largest absolute Gasteiger partial charge is 0.489 e. The summed E-state index contributed by atoms with van der Waals surface area (Å²) in [5.74, 6) is 1.41. The second-order valence-electron chi connectivity index (χ2n) is 4.50. The third-order valence-corrected chi connectivity index (χ3v) is 2.96. The lowest BCUT2D eigenvalue weighted by atomic mass is 10.0. The first-order chi connectivity index (χ1) is 8.65. The molecule has 18 heavy (non-hydrogen) atoms. The minimum absolute atomic E-state index is 0.500. The molecule has 1 heterocycles. The predicted octanol–water partition coefficient (Wildman–Crippen LogP) is 4.44. The summed E-state index contributed by atoms with van der Waals surface area (Å²) in [4.78, 5) is 4.01. The predicted molar refractivity (Wildman–Crippen MR) is 74.1 cm³/mol. The van der Waals surface area contributed by atoms with Gasteiger partial charge in [0.15, 0.2) is 0 Å². The van der Waals surface area contributed by atoms with E-state index in [2.05, 4.69) is 31.0 Å². The Morgan fingerprint density at radius 2 is 1.83 bits per heavy atom. The zero-order valence-electron chi connectivity index (χ0n) is 10.6. The number of nitrogens with zero attached hydrogens (tertiary/aromatic N) is 1. The molecular weight excluding hydrogens is 246 g/mol. The highest BCUT2D eigenvalue weighted by Crippen LogP contribution is 2.19. The third kappa shape index (κ3) is 3.47. The third-order valence-electron chi connectivity index (χ3n) is 2.74. The van der Waals surface area contributed by atoms with Crippen molar-refractivity contribution in [2.75, 3.05) is 0 Å². The van der Waals surface area contributed by atoms with Crippen LogP contribution in [0.1, 0.15) is 30.9 Å². The average molecular weight is 262 g/mol. The van der Waals surface area contributed by atoms with Crippen molar-refractivity contribution >= 4 is 11.6 Å². The molecule has 0 saturated heterocycles. The molecule has 2 nitrogen and oxygen atoms in total. The van der Waals surface area contributed by atoms with E-state index in [0.29, 0.717) is 17.7 Å². The molecule has 2 aromatic rings. The van der Waals surface area contributed by atoms with Crippen LogP contribution in [0.25, 0.3) is 0 Å². The van der Waals surface area contributed by atoms with Gasteiger partial charge in [0.25, 0.3) is 0 Å². The molecular formula is C15H16ClNO. The summed E-state index contributed by atoms with van der Waals surface area (Å²) in [6.07, 6.45) is 1.73. The lowest BCUT2D eigenvalue weighted by Gasteiger charge is -2.08. The highest BCUT2D eigenvalue weighted by Gasteiger charge is 2.00. The molecule has 0 aliphatic carbocycles. The zero-order valence-corrected chi connectivity index (χ0v) is 11.3. The van der Waals surface area contributed by atoms with E-state index in [4.69, 9.17) is 16.3 Å². The van der Waals surface area contributed by atoms with Crippen LogP contribution in [-0.2, 0) is 6.61 Å². The maximum absolute atomic E-state index is 5.72. The van der Waals surface area contributed by atoms with Crippen LogP contribution in [-0.4, -0.2) is 4.98 Å². The van der Waals surface area contributed by atoms with Crippen LogP contribution in [0.3, 0.4) is 0 Å². The van der Waals surface area contributed by atoms with Crippen LogP contribution >= 0.6 is 11.6 Å². The summed E-state index contributed by atoms with van der Waals surface area (Å²) < 4.78 is 5.68. The lowest BCUT2D eigenvalue weighted by molar-refractivity contribution is 0.305. The summed E-state index contributed by atoms with van der Waals surface area (Å²) in [5, 5.41) is 0.500. The molecule has 0 fully saturated rings. The van der Waals surface area contributed by atoms with Crippen molar-refractivity contribution in [2.24, 2.45) is 0 Å². The first-order valence-electron chi connectivity index (χ1n) is 5.98. The first-order valence-corrected chi connectivity index (χ1v) is 6.36. The number of ether oxygens (including phenoxy) is 1. The maximum atomic E-state index is 5.72. The van der Waals surface area contributed by atoms with E-state index in [9.17, 15) is 0 Å². The summed E-state index contributed by atoms with van der Waals surface area (Å²) in [6.45, 7) is 4.86. The van der Waals surface area contributed by atoms with Crippen molar-refractivity contribution < 1.29 is 4.74 Å². The van der Waals surface area contributed by atoms with Gasteiger partial charge in [-0.1, -0.05) is 43.6 Å². The van der Waals surface area contributed by atoms with Gasteiger partial charge in [0.2, 0.25) is 0 Å². The number of rotatable bonds is 4. The fourth-order valence-corrected chi connectivity index (χ4v) is 1.72. The van der Waals surface area contributed by atoms with Gasteiger partial charge in [-0.2, -0.15) is 0 Å². The van der Waals surface area contributed by atoms with Gasteiger partial charge in [-0.05, 0) is 29.7 Å². The van der Waals surface area contributed by atoms with Crippen LogP contribution < -0.4 is 4.74 Å². The van der Waals surface area contributed by atoms with E-state index >= 15 is 0 Å². The molecule has 0 atom stereocenters. The van der Waals surface area contributed by atoms with Gasteiger partial charge in [0, 0.05) is 11.8 Å². The fraction of sp³-hybridized carbons (Fsp3) is 0.267. The van der Waals surface area contributed by atoms with Crippen LogP contribution in [0, 0.1) is 0 Å². The Morgan fingerprint density at radius 3 is 2.39 bits per heavy atom. The minimum atomic E-state index is 0.500. The molecule has 0 spiro atoms. The molecule has 2 rings (SSSR count). The quantitative estimate of drug-likeness (QED) is 0.759. The molecule has 0 aliphatic heterocycles. The van der Waals surface area contributed by atoms with Crippen LogP contribution in [0.4, 0.5) is 0 Å². The Kier molecular flexibility index (Phi) is 4.21. The van der Waals surface area contributed by atoms with Crippen molar-refractivity contribution in [3.63, 3.8) is 0 Å². The molecule has 0 unspecified atom stereocenters. The molecule has 1 aromatic heterocycles. The fourth-order valence-electron chi connectivity index (χ4n) is 1.61. The molecule has 0 amide bonds. The Balaban J connectivity index is 1.95. The molecule has 3 heteroatoms. The van der Waals surface area contributed by atoms with Crippen molar-refractivity contribution in [1.29, 1.82) is 0 Å². The number of pyridine rings is 1. The summed E-state index contributed by atoms with van der Waals surface area (Å²) in [6, 6.07) is 11.9. The maximum Gasteiger partial charge on any atom is 0.129 e. The van der Waals surface area contributed by atoms with Gasteiger partial charge in [0.05, 0.1) is 0 Å². The van der Waals surface area contributed by atoms with E-state index in [1.807, 2.05) is 18.2 Å². The first kappa shape index (κ1) is 12.9. The van der Waals surface area contributed by atoms with Gasteiger partial charge in [-0.3, -0.25) is 0 Å². The normalized spacial score (nSPS) is 10.7. The highest BCUT2D eigenvalue weighted by molar-refractivity contribution is 6.29. The van der Waals surface area contributed by atoms with Gasteiger partial charge in [-0.15, -0.1) is 0 Å². The minimum Gasteiger partial charge on any atom is -0.489 e. The number of halogens is 1. The van der Waals surface area contributed by atoms with E-state index in [1.54, 1.807) is 12.3 Å². The van der Waals surface area contributed by atoms with Crippen molar-refractivity contribution in [3.8, 4) is 5.75 Å². The topological polar surface area (TPSA) is 22.1 Å². The number of hydrogen-bond donors (Lipinski definition) is 0. The van der Waals surface area contributed by atoms with E-state index in [1.165, 1.54) is 5.56 Å². The molecule has 0 radical (unpaired) electrons. The summed E-state index contributed by atoms with van der Waals surface area (Å²) in [5.41, 5.74) is 2.32. The molecule has 0 bridgehead atoms. The number of aromatic nitrogens is 1. The molecule has 1 aromatic carbocycles. The van der Waals surface area contributed by atoms with E-state index < -0.39 is 0 Å². The van der Waals surface area contributed by atoms with E-state index in [-0.39, 0.29) is 0 Å². The molecule has 0 aliphatic rings. The van der Waals surface area contributed by atoms with Gasteiger partial charge in [0.1, 0.15) is 17.5 Å². The van der Waals surface area contributed by atoms with E-state index in [0.717, 1.165) is 11.3 Å². The second kappa shape index (κ2) is 5.87. The number of benzene rings is 1. The lowest BCUT2D eigenvalue weighted by Crippen LogP contribution is -1.96. The molecule has 0 N–H and O–H groups in total. The molecule has 94 valence electrons. The Hall–Kier alpha value is -1.54. The van der Waals surface area contributed by atoms with Gasteiger partial charge in [-0.25, -0.2) is 4.98 Å². The van der Waals surface area contributed by atoms with Crippen molar-refractivity contribution in [1.82, 2.24) is 4.98 Å². The van der Waals surface area contributed by atoms with Crippen LogP contribution in [0.15, 0.2) is 42.6 Å². The monoisotopic (exact) mass is 261 g/mol. The summed E-state index contributed by atoms with van der Waals surface area (Å²) in [7, 11) is 0.